The van der Waals surface area contributed by atoms with E-state index >= 15 is 0 Å². The fourth-order valence-corrected chi connectivity index (χ4v) is 1.88. The Hall–Kier alpha value is -2.94. The van der Waals surface area contributed by atoms with Crippen molar-refractivity contribution in [3.63, 3.8) is 0 Å². The SMILES string of the molecule is COc1cc(C#N)ccc1NC(C)c1ccc(C(=O)O)o1. The van der Waals surface area contributed by atoms with Crippen LogP contribution in [0.4, 0.5) is 5.69 Å². The Balaban J connectivity index is 2.20. The first-order valence-corrected chi connectivity index (χ1v) is 6.23. The van der Waals surface area contributed by atoms with E-state index in [1.165, 1.54) is 13.2 Å². The average Bonchev–Trinajstić information content (AvgIpc) is 2.97. The predicted molar refractivity (Wildman–Crippen MR) is 75.4 cm³/mol. The minimum Gasteiger partial charge on any atom is -0.495 e. The average molecular weight is 286 g/mol. The van der Waals surface area contributed by atoms with E-state index < -0.39 is 5.97 Å². The molecule has 1 atom stereocenters. The van der Waals surface area contributed by atoms with Crippen LogP contribution in [0.3, 0.4) is 0 Å². The summed E-state index contributed by atoms with van der Waals surface area (Å²) < 4.78 is 10.5. The molecule has 1 aromatic heterocycles. The molecule has 0 aliphatic rings. The summed E-state index contributed by atoms with van der Waals surface area (Å²) in [4.78, 5) is 10.8. The van der Waals surface area contributed by atoms with Crippen molar-refractivity contribution in [2.75, 3.05) is 12.4 Å². The summed E-state index contributed by atoms with van der Waals surface area (Å²) in [7, 11) is 1.52. The minimum atomic E-state index is -1.11. The largest absolute Gasteiger partial charge is 0.495 e. The molecule has 0 aliphatic heterocycles. The van der Waals surface area contributed by atoms with Crippen molar-refractivity contribution in [3.05, 3.63) is 47.4 Å². The number of ether oxygens (including phenoxy) is 1. The number of methoxy groups -OCH3 is 1. The summed E-state index contributed by atoms with van der Waals surface area (Å²) in [6, 6.07) is 9.83. The zero-order valence-electron chi connectivity index (χ0n) is 11.6. The van der Waals surface area contributed by atoms with Crippen molar-refractivity contribution in [2.45, 2.75) is 13.0 Å². The number of hydrogen-bond acceptors (Lipinski definition) is 5. The monoisotopic (exact) mass is 286 g/mol. The van der Waals surface area contributed by atoms with Crippen molar-refractivity contribution in [2.24, 2.45) is 0 Å². The molecule has 0 fully saturated rings. The number of nitrogens with zero attached hydrogens (tertiary/aromatic N) is 1. The number of furan rings is 1. The van der Waals surface area contributed by atoms with E-state index in [2.05, 4.69) is 5.32 Å². The first-order valence-electron chi connectivity index (χ1n) is 6.23. The number of carboxylic acids is 1. The Morgan fingerprint density at radius 1 is 1.43 bits per heavy atom. The van der Waals surface area contributed by atoms with E-state index in [-0.39, 0.29) is 11.8 Å². The van der Waals surface area contributed by atoms with Gasteiger partial charge in [-0.15, -0.1) is 0 Å². The molecule has 2 rings (SSSR count). The van der Waals surface area contributed by atoms with Crippen LogP contribution in [0, 0.1) is 11.3 Å². The number of nitriles is 1. The number of carbonyl (C=O) groups is 1. The van der Waals surface area contributed by atoms with Crippen LogP contribution in [0.25, 0.3) is 0 Å². The third-order valence-electron chi connectivity index (χ3n) is 2.97. The molecule has 0 bridgehead atoms. The topological polar surface area (TPSA) is 95.5 Å². The Morgan fingerprint density at radius 3 is 2.76 bits per heavy atom. The molecule has 21 heavy (non-hydrogen) atoms. The van der Waals surface area contributed by atoms with Crippen LogP contribution in [0.2, 0.25) is 0 Å². The van der Waals surface area contributed by atoms with Gasteiger partial charge in [0.2, 0.25) is 5.76 Å². The summed E-state index contributed by atoms with van der Waals surface area (Å²) in [5.74, 6) is -0.181. The summed E-state index contributed by atoms with van der Waals surface area (Å²) in [5.41, 5.74) is 1.19. The lowest BCUT2D eigenvalue weighted by molar-refractivity contribution is 0.0660. The molecule has 1 aromatic carbocycles. The van der Waals surface area contributed by atoms with Gasteiger partial charge in [0.15, 0.2) is 0 Å². The Labute approximate surface area is 121 Å². The maximum Gasteiger partial charge on any atom is 0.371 e. The summed E-state index contributed by atoms with van der Waals surface area (Å²) in [6.07, 6.45) is 0. The highest BCUT2D eigenvalue weighted by molar-refractivity contribution is 5.84. The fourth-order valence-electron chi connectivity index (χ4n) is 1.88. The number of anilines is 1. The van der Waals surface area contributed by atoms with Crippen LogP contribution in [0.5, 0.6) is 5.75 Å². The number of carboxylic acid groups (broad SMARTS) is 1. The molecule has 1 heterocycles. The van der Waals surface area contributed by atoms with Crippen LogP contribution in [-0.2, 0) is 0 Å². The second-order valence-electron chi connectivity index (χ2n) is 4.40. The van der Waals surface area contributed by atoms with E-state index in [0.29, 0.717) is 22.8 Å². The van der Waals surface area contributed by atoms with Gasteiger partial charge in [-0.2, -0.15) is 5.26 Å². The second kappa shape index (κ2) is 6.01. The van der Waals surface area contributed by atoms with Gasteiger partial charge in [0, 0.05) is 6.07 Å². The molecule has 0 amide bonds. The van der Waals surface area contributed by atoms with Crippen molar-refractivity contribution in [3.8, 4) is 11.8 Å². The standard InChI is InChI=1S/C15H14N2O4/c1-9(12-5-6-13(21-12)15(18)19)17-11-4-3-10(8-16)7-14(11)20-2/h3-7,9,17H,1-2H3,(H,18,19). The van der Waals surface area contributed by atoms with Crippen LogP contribution in [0.1, 0.15) is 34.8 Å². The van der Waals surface area contributed by atoms with Gasteiger partial charge >= 0.3 is 5.97 Å². The smallest absolute Gasteiger partial charge is 0.371 e. The highest BCUT2D eigenvalue weighted by Crippen LogP contribution is 2.29. The van der Waals surface area contributed by atoms with Gasteiger partial charge in [-0.3, -0.25) is 0 Å². The quantitative estimate of drug-likeness (QED) is 0.877. The fraction of sp³-hybridized carbons (Fsp3) is 0.200. The third kappa shape index (κ3) is 3.15. The predicted octanol–water partition coefficient (Wildman–Crippen LogP) is 3.03. The van der Waals surface area contributed by atoms with Gasteiger partial charge in [-0.1, -0.05) is 0 Å². The molecule has 6 nitrogen and oxygen atoms in total. The van der Waals surface area contributed by atoms with E-state index in [1.54, 1.807) is 24.3 Å². The normalized spacial score (nSPS) is 11.5. The molecule has 0 spiro atoms. The van der Waals surface area contributed by atoms with Gasteiger partial charge in [0.05, 0.1) is 30.5 Å². The van der Waals surface area contributed by atoms with E-state index in [1.807, 2.05) is 13.0 Å². The Morgan fingerprint density at radius 2 is 2.19 bits per heavy atom. The summed E-state index contributed by atoms with van der Waals surface area (Å²) in [6.45, 7) is 1.84. The van der Waals surface area contributed by atoms with E-state index in [9.17, 15) is 4.79 Å². The van der Waals surface area contributed by atoms with E-state index in [4.69, 9.17) is 19.5 Å². The molecular weight excluding hydrogens is 272 g/mol. The Kier molecular flexibility index (Phi) is 4.14. The van der Waals surface area contributed by atoms with Crippen molar-refractivity contribution in [1.29, 1.82) is 5.26 Å². The number of hydrogen-bond donors (Lipinski definition) is 2. The highest BCUT2D eigenvalue weighted by Gasteiger charge is 2.15. The van der Waals surface area contributed by atoms with Crippen molar-refractivity contribution >= 4 is 11.7 Å². The molecule has 0 saturated heterocycles. The zero-order valence-corrected chi connectivity index (χ0v) is 11.6. The number of aromatic carboxylic acids is 1. The zero-order chi connectivity index (χ0) is 15.4. The number of benzene rings is 1. The van der Waals surface area contributed by atoms with Crippen LogP contribution < -0.4 is 10.1 Å². The first kappa shape index (κ1) is 14.5. The molecular formula is C15H14N2O4. The minimum absolute atomic E-state index is 0.106. The molecule has 6 heteroatoms. The summed E-state index contributed by atoms with van der Waals surface area (Å²) in [5, 5.41) is 20.9. The molecule has 0 saturated carbocycles. The van der Waals surface area contributed by atoms with Gasteiger partial charge < -0.3 is 19.6 Å². The van der Waals surface area contributed by atoms with Crippen LogP contribution in [-0.4, -0.2) is 18.2 Å². The molecule has 108 valence electrons. The lowest BCUT2D eigenvalue weighted by atomic mass is 10.1. The summed E-state index contributed by atoms with van der Waals surface area (Å²) >= 11 is 0. The lowest BCUT2D eigenvalue weighted by Crippen LogP contribution is -2.07. The first-order chi connectivity index (χ1) is 10.0. The number of rotatable bonds is 5. The maximum absolute atomic E-state index is 10.8. The molecule has 2 N–H and O–H groups in total. The van der Waals surface area contributed by atoms with Gasteiger partial charge in [-0.25, -0.2) is 4.79 Å². The number of nitrogens with one attached hydrogen (secondary N) is 1. The van der Waals surface area contributed by atoms with Crippen molar-refractivity contribution in [1.82, 2.24) is 0 Å². The van der Waals surface area contributed by atoms with Gasteiger partial charge in [-0.05, 0) is 31.2 Å². The lowest BCUT2D eigenvalue weighted by Gasteiger charge is -2.16. The third-order valence-corrected chi connectivity index (χ3v) is 2.97. The molecule has 1 unspecified atom stereocenters. The molecule has 0 radical (unpaired) electrons. The highest BCUT2D eigenvalue weighted by atomic mass is 16.5. The second-order valence-corrected chi connectivity index (χ2v) is 4.40. The Bertz CT molecular complexity index is 700. The van der Waals surface area contributed by atoms with Gasteiger partial charge in [0.1, 0.15) is 11.5 Å². The van der Waals surface area contributed by atoms with Crippen LogP contribution >= 0.6 is 0 Å². The van der Waals surface area contributed by atoms with E-state index in [0.717, 1.165) is 0 Å². The van der Waals surface area contributed by atoms with Crippen LogP contribution in [0.15, 0.2) is 34.7 Å². The molecule has 2 aromatic rings. The maximum atomic E-state index is 10.8. The molecule has 0 aliphatic carbocycles. The van der Waals surface area contributed by atoms with Crippen molar-refractivity contribution < 1.29 is 19.1 Å². The van der Waals surface area contributed by atoms with Gasteiger partial charge in [0.25, 0.3) is 0 Å².